The molecule has 3 heteroatoms. The lowest BCUT2D eigenvalue weighted by atomic mass is 9.73. The zero-order valence-corrected chi connectivity index (χ0v) is 13.1. The van der Waals surface area contributed by atoms with E-state index in [0.717, 1.165) is 42.2 Å². The van der Waals surface area contributed by atoms with Crippen LogP contribution in [0.25, 0.3) is 0 Å². The van der Waals surface area contributed by atoms with Crippen molar-refractivity contribution in [3.63, 3.8) is 0 Å². The smallest absolute Gasteiger partial charge is 0.129 e. The SMILES string of the molecule is CCCC1CCC2(CC1)CC(O)c1ccc(OC)cc1O2. The number of hydrogen-bond acceptors (Lipinski definition) is 3. The summed E-state index contributed by atoms with van der Waals surface area (Å²) in [6.45, 7) is 2.26. The first kappa shape index (κ1) is 14.7. The Labute approximate surface area is 127 Å². The van der Waals surface area contributed by atoms with Crippen LogP contribution in [0.2, 0.25) is 0 Å². The van der Waals surface area contributed by atoms with Crippen molar-refractivity contribution in [2.45, 2.75) is 63.6 Å². The van der Waals surface area contributed by atoms with Gasteiger partial charge < -0.3 is 14.6 Å². The van der Waals surface area contributed by atoms with Gasteiger partial charge in [-0.3, -0.25) is 0 Å². The van der Waals surface area contributed by atoms with E-state index in [9.17, 15) is 5.11 Å². The van der Waals surface area contributed by atoms with Crippen molar-refractivity contribution in [2.24, 2.45) is 5.92 Å². The first-order valence-electron chi connectivity index (χ1n) is 8.21. The number of rotatable bonds is 3. The van der Waals surface area contributed by atoms with Crippen molar-refractivity contribution in [1.82, 2.24) is 0 Å². The van der Waals surface area contributed by atoms with E-state index in [1.807, 2.05) is 18.2 Å². The van der Waals surface area contributed by atoms with Crippen LogP contribution < -0.4 is 9.47 Å². The second-order valence-electron chi connectivity index (χ2n) is 6.64. The van der Waals surface area contributed by atoms with E-state index in [1.165, 1.54) is 25.7 Å². The summed E-state index contributed by atoms with van der Waals surface area (Å²) in [5.41, 5.74) is 0.736. The third kappa shape index (κ3) is 2.89. The van der Waals surface area contributed by atoms with E-state index in [2.05, 4.69) is 6.92 Å². The maximum absolute atomic E-state index is 10.5. The molecule has 0 aromatic heterocycles. The molecule has 1 spiro atoms. The van der Waals surface area contributed by atoms with E-state index in [-0.39, 0.29) is 5.60 Å². The Kier molecular flexibility index (Phi) is 4.12. The van der Waals surface area contributed by atoms with E-state index < -0.39 is 6.10 Å². The molecule has 1 unspecified atom stereocenters. The fourth-order valence-corrected chi connectivity index (χ4v) is 3.95. The molecule has 0 saturated heterocycles. The van der Waals surface area contributed by atoms with Crippen LogP contribution in [-0.2, 0) is 0 Å². The zero-order chi connectivity index (χ0) is 14.9. The van der Waals surface area contributed by atoms with E-state index in [4.69, 9.17) is 9.47 Å². The Hall–Kier alpha value is -1.22. The van der Waals surface area contributed by atoms with Crippen LogP contribution in [0.4, 0.5) is 0 Å². The summed E-state index contributed by atoms with van der Waals surface area (Å²) in [7, 11) is 1.66. The van der Waals surface area contributed by atoms with Crippen molar-refractivity contribution in [1.29, 1.82) is 0 Å². The largest absolute Gasteiger partial charge is 0.497 e. The average molecular weight is 290 g/mol. The molecule has 1 fully saturated rings. The van der Waals surface area contributed by atoms with Gasteiger partial charge in [-0.2, -0.15) is 0 Å². The lowest BCUT2D eigenvalue weighted by Crippen LogP contribution is -2.44. The highest BCUT2D eigenvalue weighted by molar-refractivity contribution is 5.44. The van der Waals surface area contributed by atoms with E-state index in [1.54, 1.807) is 7.11 Å². The summed E-state index contributed by atoms with van der Waals surface area (Å²) in [6.07, 6.45) is 7.47. The van der Waals surface area contributed by atoms with Gasteiger partial charge >= 0.3 is 0 Å². The first-order valence-corrected chi connectivity index (χ1v) is 8.21. The van der Waals surface area contributed by atoms with E-state index in [0.29, 0.717) is 0 Å². The van der Waals surface area contributed by atoms with Crippen molar-refractivity contribution in [2.75, 3.05) is 7.11 Å². The minimum Gasteiger partial charge on any atom is -0.497 e. The Morgan fingerprint density at radius 3 is 2.76 bits per heavy atom. The standard InChI is InChI=1S/C18H26O3/c1-3-4-13-7-9-18(10-8-13)12-16(19)15-6-5-14(20-2)11-17(15)21-18/h5-6,11,13,16,19H,3-4,7-10,12H2,1-2H3. The number of benzene rings is 1. The highest BCUT2D eigenvalue weighted by atomic mass is 16.5. The van der Waals surface area contributed by atoms with Crippen molar-refractivity contribution < 1.29 is 14.6 Å². The highest BCUT2D eigenvalue weighted by Gasteiger charge is 2.43. The Morgan fingerprint density at radius 2 is 2.10 bits per heavy atom. The third-order valence-corrected chi connectivity index (χ3v) is 5.18. The van der Waals surface area contributed by atoms with Crippen LogP contribution >= 0.6 is 0 Å². The summed E-state index contributed by atoms with van der Waals surface area (Å²) in [5.74, 6) is 2.44. The molecule has 1 atom stereocenters. The van der Waals surface area contributed by atoms with Crippen LogP contribution in [-0.4, -0.2) is 17.8 Å². The molecule has 1 aliphatic heterocycles. The Bertz CT molecular complexity index is 489. The quantitative estimate of drug-likeness (QED) is 0.905. The molecule has 3 rings (SSSR count). The summed E-state index contributed by atoms with van der Waals surface area (Å²) in [5, 5.41) is 10.5. The molecule has 21 heavy (non-hydrogen) atoms. The van der Waals surface area contributed by atoms with Crippen LogP contribution in [0.15, 0.2) is 18.2 Å². The highest BCUT2D eigenvalue weighted by Crippen LogP contribution is 2.48. The molecule has 1 aliphatic carbocycles. The molecule has 0 radical (unpaired) electrons. The molecule has 3 nitrogen and oxygen atoms in total. The van der Waals surface area contributed by atoms with Gasteiger partial charge in [0.1, 0.15) is 17.1 Å². The maximum atomic E-state index is 10.5. The summed E-state index contributed by atoms with van der Waals surface area (Å²) < 4.78 is 11.6. The number of fused-ring (bicyclic) bond motifs is 1. The summed E-state index contributed by atoms with van der Waals surface area (Å²) in [4.78, 5) is 0. The topological polar surface area (TPSA) is 38.7 Å². The molecule has 0 amide bonds. The van der Waals surface area contributed by atoms with Crippen LogP contribution in [0.1, 0.15) is 63.5 Å². The number of ether oxygens (including phenoxy) is 2. The first-order chi connectivity index (χ1) is 10.2. The number of hydrogen-bond donors (Lipinski definition) is 1. The van der Waals surface area contributed by atoms with Crippen molar-refractivity contribution >= 4 is 0 Å². The monoisotopic (exact) mass is 290 g/mol. The molecule has 1 heterocycles. The number of aliphatic hydroxyl groups is 1. The van der Waals surface area contributed by atoms with Gasteiger partial charge in [0.25, 0.3) is 0 Å². The maximum Gasteiger partial charge on any atom is 0.129 e. The van der Waals surface area contributed by atoms with Crippen molar-refractivity contribution in [3.05, 3.63) is 23.8 Å². The molecule has 1 N–H and O–H groups in total. The van der Waals surface area contributed by atoms with Gasteiger partial charge in [-0.25, -0.2) is 0 Å². The molecule has 2 aliphatic rings. The van der Waals surface area contributed by atoms with Gasteiger partial charge in [-0.05, 0) is 43.7 Å². The zero-order valence-electron chi connectivity index (χ0n) is 13.1. The molecule has 1 aromatic carbocycles. The molecule has 116 valence electrons. The average Bonchev–Trinajstić information content (AvgIpc) is 2.49. The summed E-state index contributed by atoms with van der Waals surface area (Å²) in [6, 6.07) is 5.73. The van der Waals surface area contributed by atoms with Gasteiger partial charge in [0.05, 0.1) is 13.2 Å². The second kappa shape index (κ2) is 5.88. The van der Waals surface area contributed by atoms with Gasteiger partial charge in [0.15, 0.2) is 0 Å². The minimum atomic E-state index is -0.414. The van der Waals surface area contributed by atoms with Crippen LogP contribution in [0.5, 0.6) is 11.5 Å². The summed E-state index contributed by atoms with van der Waals surface area (Å²) >= 11 is 0. The van der Waals surface area contributed by atoms with Gasteiger partial charge in [-0.1, -0.05) is 19.8 Å². The predicted octanol–water partition coefficient (Wildman–Crippen LogP) is 4.24. The Balaban J connectivity index is 1.78. The second-order valence-corrected chi connectivity index (χ2v) is 6.64. The lowest BCUT2D eigenvalue weighted by molar-refractivity contribution is -0.0475. The van der Waals surface area contributed by atoms with Gasteiger partial charge in [0, 0.05) is 18.1 Å². The number of methoxy groups -OCH3 is 1. The normalized spacial score (nSPS) is 31.6. The lowest BCUT2D eigenvalue weighted by Gasteiger charge is -2.45. The van der Waals surface area contributed by atoms with Crippen LogP contribution in [0.3, 0.4) is 0 Å². The molecular formula is C18H26O3. The van der Waals surface area contributed by atoms with Crippen molar-refractivity contribution in [3.8, 4) is 11.5 Å². The predicted molar refractivity (Wildman–Crippen MR) is 82.8 cm³/mol. The third-order valence-electron chi connectivity index (χ3n) is 5.18. The fourth-order valence-electron chi connectivity index (χ4n) is 3.95. The minimum absolute atomic E-state index is 0.164. The van der Waals surface area contributed by atoms with Gasteiger partial charge in [-0.15, -0.1) is 0 Å². The molecule has 0 bridgehead atoms. The Morgan fingerprint density at radius 1 is 1.33 bits per heavy atom. The van der Waals surface area contributed by atoms with E-state index >= 15 is 0 Å². The molecular weight excluding hydrogens is 264 g/mol. The fraction of sp³-hybridized carbons (Fsp3) is 0.667. The number of aliphatic hydroxyl groups excluding tert-OH is 1. The van der Waals surface area contributed by atoms with Gasteiger partial charge in [0.2, 0.25) is 0 Å². The molecule has 1 aromatic rings. The molecule has 1 saturated carbocycles. The van der Waals surface area contributed by atoms with Crippen LogP contribution in [0, 0.1) is 5.92 Å².